The average molecular weight is 695 g/mol. The maximum atomic E-state index is 12.5. The molecule has 0 saturated carbocycles. The lowest BCUT2D eigenvalue weighted by atomic mass is 10.0. The van der Waals surface area contributed by atoms with Gasteiger partial charge in [-0.05, 0) is 19.3 Å². The van der Waals surface area contributed by atoms with E-state index in [-0.39, 0.29) is 12.1 Å². The quantitative estimate of drug-likeness (QED) is 0.0471. The molecule has 0 spiro atoms. The Labute approximate surface area is 308 Å². The minimum Gasteiger partial charge on any atom is -0.463 e. The molecule has 4 heteroatoms. The molecule has 0 aliphatic rings. The molecule has 294 valence electrons. The van der Waals surface area contributed by atoms with E-state index in [1.165, 1.54) is 199 Å². The fourth-order valence-corrected chi connectivity index (χ4v) is 6.79. The number of carbonyl (C=O) groups is 1. The lowest BCUT2D eigenvalue weighted by Crippen LogP contribution is -2.28. The van der Waals surface area contributed by atoms with E-state index in [1.54, 1.807) is 0 Å². The van der Waals surface area contributed by atoms with E-state index in [9.17, 15) is 4.79 Å². The number of carbonyl (C=O) groups excluding carboxylic acids is 1. The third kappa shape index (κ3) is 41.7. The molecule has 0 amide bonds. The van der Waals surface area contributed by atoms with Crippen molar-refractivity contribution in [3.05, 3.63) is 0 Å². The second-order valence-corrected chi connectivity index (χ2v) is 15.3. The van der Waals surface area contributed by atoms with Crippen LogP contribution in [-0.2, 0) is 19.0 Å². The van der Waals surface area contributed by atoms with Crippen molar-refractivity contribution in [3.63, 3.8) is 0 Å². The molecule has 0 radical (unpaired) electrons. The van der Waals surface area contributed by atoms with E-state index < -0.39 is 0 Å². The largest absolute Gasteiger partial charge is 0.463 e. The molecular weight excluding hydrogens is 604 g/mol. The van der Waals surface area contributed by atoms with Gasteiger partial charge in [0.05, 0.1) is 6.61 Å². The Morgan fingerprint density at radius 2 is 0.673 bits per heavy atom. The van der Waals surface area contributed by atoms with Gasteiger partial charge in [-0.3, -0.25) is 4.79 Å². The van der Waals surface area contributed by atoms with E-state index >= 15 is 0 Å². The standard InChI is InChI=1S/C45H90O4/c1-4-7-10-13-16-19-22-23-24-25-26-27-30-33-36-39-45(46)49-43-44(48-41-38-35-32-29-21-18-15-12-9-6-3)42-47-40-37-34-31-28-20-17-14-11-8-5-2/h44H,4-43H2,1-3H3. The Kier molecular flexibility index (Phi) is 43.0. The van der Waals surface area contributed by atoms with Crippen molar-refractivity contribution in [3.8, 4) is 0 Å². The highest BCUT2D eigenvalue weighted by atomic mass is 16.6. The summed E-state index contributed by atoms with van der Waals surface area (Å²) < 4.78 is 17.9. The Bertz CT molecular complexity index is 609. The van der Waals surface area contributed by atoms with Crippen LogP contribution in [0.2, 0.25) is 0 Å². The highest BCUT2D eigenvalue weighted by Crippen LogP contribution is 2.15. The van der Waals surface area contributed by atoms with Crippen LogP contribution in [0.25, 0.3) is 0 Å². The third-order valence-electron chi connectivity index (χ3n) is 10.2. The van der Waals surface area contributed by atoms with Gasteiger partial charge in [0.1, 0.15) is 12.7 Å². The molecule has 0 rings (SSSR count). The van der Waals surface area contributed by atoms with Gasteiger partial charge in [-0.25, -0.2) is 0 Å². The predicted octanol–water partition coefficient (Wildman–Crippen LogP) is 15.0. The van der Waals surface area contributed by atoms with Crippen molar-refractivity contribution >= 4 is 5.97 Å². The maximum Gasteiger partial charge on any atom is 0.305 e. The molecule has 0 heterocycles. The second-order valence-electron chi connectivity index (χ2n) is 15.3. The lowest BCUT2D eigenvalue weighted by Gasteiger charge is -2.18. The van der Waals surface area contributed by atoms with Gasteiger partial charge in [-0.2, -0.15) is 0 Å². The lowest BCUT2D eigenvalue weighted by molar-refractivity contribution is -0.150. The van der Waals surface area contributed by atoms with Gasteiger partial charge in [-0.15, -0.1) is 0 Å². The summed E-state index contributed by atoms with van der Waals surface area (Å²) in [6.07, 6.45) is 46.9. The first-order chi connectivity index (χ1) is 24.2. The third-order valence-corrected chi connectivity index (χ3v) is 10.2. The first-order valence-electron chi connectivity index (χ1n) is 22.6. The molecule has 4 nitrogen and oxygen atoms in total. The summed E-state index contributed by atoms with van der Waals surface area (Å²) >= 11 is 0. The molecule has 0 aromatic heterocycles. The van der Waals surface area contributed by atoms with Crippen LogP contribution in [0.5, 0.6) is 0 Å². The summed E-state index contributed by atoms with van der Waals surface area (Å²) in [6.45, 7) is 9.22. The Morgan fingerprint density at radius 3 is 1.04 bits per heavy atom. The Balaban J connectivity index is 3.99. The van der Waals surface area contributed by atoms with E-state index in [2.05, 4.69) is 20.8 Å². The van der Waals surface area contributed by atoms with Crippen LogP contribution >= 0.6 is 0 Å². The molecule has 49 heavy (non-hydrogen) atoms. The van der Waals surface area contributed by atoms with Gasteiger partial charge in [0.25, 0.3) is 0 Å². The molecule has 0 N–H and O–H groups in total. The Hall–Kier alpha value is -0.610. The first-order valence-corrected chi connectivity index (χ1v) is 22.6. The van der Waals surface area contributed by atoms with Crippen LogP contribution in [0.1, 0.15) is 252 Å². The summed E-state index contributed by atoms with van der Waals surface area (Å²) in [5.74, 6) is -0.0723. The molecule has 0 aromatic rings. The molecule has 0 fully saturated rings. The van der Waals surface area contributed by atoms with Crippen LogP contribution in [0.15, 0.2) is 0 Å². The Morgan fingerprint density at radius 1 is 0.367 bits per heavy atom. The number of hydrogen-bond acceptors (Lipinski definition) is 4. The number of hydrogen-bond donors (Lipinski definition) is 0. The molecular formula is C45H90O4. The number of ether oxygens (including phenoxy) is 3. The van der Waals surface area contributed by atoms with Crippen molar-refractivity contribution in [2.75, 3.05) is 26.4 Å². The van der Waals surface area contributed by atoms with Crippen LogP contribution < -0.4 is 0 Å². The van der Waals surface area contributed by atoms with Crippen molar-refractivity contribution in [2.45, 2.75) is 258 Å². The van der Waals surface area contributed by atoms with Gasteiger partial charge in [0.2, 0.25) is 0 Å². The molecule has 0 aliphatic heterocycles. The van der Waals surface area contributed by atoms with Crippen molar-refractivity contribution in [2.24, 2.45) is 0 Å². The molecule has 1 atom stereocenters. The van der Waals surface area contributed by atoms with E-state index in [1.807, 2.05) is 0 Å². The van der Waals surface area contributed by atoms with Crippen LogP contribution in [0.3, 0.4) is 0 Å². The van der Waals surface area contributed by atoms with Crippen LogP contribution in [0, 0.1) is 0 Å². The number of rotatable bonds is 43. The fourth-order valence-electron chi connectivity index (χ4n) is 6.79. The predicted molar refractivity (Wildman–Crippen MR) is 215 cm³/mol. The summed E-state index contributed by atoms with van der Waals surface area (Å²) in [6, 6.07) is 0. The zero-order valence-electron chi connectivity index (χ0n) is 34.0. The van der Waals surface area contributed by atoms with Crippen molar-refractivity contribution in [1.82, 2.24) is 0 Å². The summed E-state index contributed by atoms with van der Waals surface area (Å²) in [7, 11) is 0. The topological polar surface area (TPSA) is 44.8 Å². The molecule has 1 unspecified atom stereocenters. The molecule has 0 bridgehead atoms. The van der Waals surface area contributed by atoms with Gasteiger partial charge in [-0.1, -0.05) is 226 Å². The highest BCUT2D eigenvalue weighted by Gasteiger charge is 2.13. The monoisotopic (exact) mass is 695 g/mol. The van der Waals surface area contributed by atoms with Gasteiger partial charge in [0.15, 0.2) is 0 Å². The molecule has 0 aliphatic carbocycles. The minimum atomic E-state index is -0.147. The summed E-state index contributed by atoms with van der Waals surface area (Å²) in [4.78, 5) is 12.5. The zero-order valence-corrected chi connectivity index (χ0v) is 34.0. The smallest absolute Gasteiger partial charge is 0.305 e. The van der Waals surface area contributed by atoms with Gasteiger partial charge in [0, 0.05) is 19.6 Å². The normalized spacial score (nSPS) is 12.1. The molecule has 0 saturated heterocycles. The SMILES string of the molecule is CCCCCCCCCCCCCCCCCC(=O)OCC(COCCCCCCCCCCCC)OCCCCCCCCCCCC. The number of unbranched alkanes of at least 4 members (excludes halogenated alkanes) is 32. The second kappa shape index (κ2) is 43.6. The van der Waals surface area contributed by atoms with E-state index in [4.69, 9.17) is 14.2 Å². The van der Waals surface area contributed by atoms with Crippen molar-refractivity contribution in [1.29, 1.82) is 0 Å². The summed E-state index contributed by atoms with van der Waals surface area (Å²) in [5.41, 5.74) is 0. The van der Waals surface area contributed by atoms with E-state index in [0.29, 0.717) is 19.6 Å². The fraction of sp³-hybridized carbons (Fsp3) is 0.978. The average Bonchev–Trinajstić information content (AvgIpc) is 3.11. The van der Waals surface area contributed by atoms with Gasteiger partial charge < -0.3 is 14.2 Å². The zero-order chi connectivity index (χ0) is 35.6. The minimum absolute atomic E-state index is 0.0723. The van der Waals surface area contributed by atoms with Gasteiger partial charge >= 0.3 is 5.97 Å². The molecule has 0 aromatic carbocycles. The van der Waals surface area contributed by atoms with Crippen LogP contribution in [-0.4, -0.2) is 38.5 Å². The maximum absolute atomic E-state index is 12.5. The highest BCUT2D eigenvalue weighted by molar-refractivity contribution is 5.69. The van der Waals surface area contributed by atoms with E-state index in [0.717, 1.165) is 38.9 Å². The first kappa shape index (κ1) is 48.4. The summed E-state index contributed by atoms with van der Waals surface area (Å²) in [5, 5.41) is 0. The van der Waals surface area contributed by atoms with Crippen LogP contribution in [0.4, 0.5) is 0 Å². The number of esters is 1. The van der Waals surface area contributed by atoms with Crippen molar-refractivity contribution < 1.29 is 19.0 Å².